The number of aromatic nitrogens is 4. The van der Waals surface area contributed by atoms with Crippen LogP contribution in [0.5, 0.6) is 11.5 Å². The van der Waals surface area contributed by atoms with Crippen molar-refractivity contribution in [3.63, 3.8) is 0 Å². The fourth-order valence-electron chi connectivity index (χ4n) is 5.55. The molecule has 1 N–H and O–H groups in total. The van der Waals surface area contributed by atoms with Gasteiger partial charge >= 0.3 is 0 Å². The van der Waals surface area contributed by atoms with E-state index in [0.29, 0.717) is 38.7 Å². The monoisotopic (exact) mass is 581 g/mol. The van der Waals surface area contributed by atoms with Crippen LogP contribution >= 0.6 is 0 Å². The Morgan fingerprint density at radius 2 is 1.79 bits per heavy atom. The highest BCUT2D eigenvalue weighted by molar-refractivity contribution is 5.77. The topological polar surface area (TPSA) is 97.6 Å². The Balaban J connectivity index is 1.23. The largest absolute Gasteiger partial charge is 0.486 e. The predicted molar refractivity (Wildman–Crippen MR) is 165 cm³/mol. The fraction of sp³-hybridized carbons (Fsp3) is 0.394. The third-order valence-corrected chi connectivity index (χ3v) is 7.95. The Hall–Kier alpha value is -4.44. The summed E-state index contributed by atoms with van der Waals surface area (Å²) in [5, 5.41) is 3.14. The number of hydrogen-bond donors (Lipinski definition) is 1. The summed E-state index contributed by atoms with van der Waals surface area (Å²) in [7, 11) is 0. The molecular weight excluding hydrogens is 542 g/mol. The number of nitrogens with zero attached hydrogens (tertiary/aromatic N) is 6. The van der Waals surface area contributed by atoms with Crippen molar-refractivity contribution in [1.82, 2.24) is 29.7 Å². The highest BCUT2D eigenvalue weighted by Crippen LogP contribution is 2.32. The van der Waals surface area contributed by atoms with Gasteiger partial charge in [-0.1, -0.05) is 49.7 Å². The van der Waals surface area contributed by atoms with E-state index in [9.17, 15) is 4.79 Å². The molecule has 2 aromatic heterocycles. The van der Waals surface area contributed by atoms with Gasteiger partial charge in [-0.15, -0.1) is 0 Å². The zero-order valence-corrected chi connectivity index (χ0v) is 25.1. The summed E-state index contributed by atoms with van der Waals surface area (Å²) in [6, 6.07) is 16.4. The van der Waals surface area contributed by atoms with Crippen molar-refractivity contribution in [2.24, 2.45) is 0 Å². The lowest BCUT2D eigenvalue weighted by molar-refractivity contribution is -0.121. The molecule has 1 fully saturated rings. The molecule has 43 heavy (non-hydrogen) atoms. The minimum absolute atomic E-state index is 0.0183. The molecule has 2 aromatic carbocycles. The summed E-state index contributed by atoms with van der Waals surface area (Å²) in [4.78, 5) is 32.0. The quantitative estimate of drug-likeness (QED) is 0.313. The Bertz CT molecular complexity index is 1540. The molecule has 1 unspecified atom stereocenters. The van der Waals surface area contributed by atoms with Crippen LogP contribution in [0.15, 0.2) is 67.3 Å². The molecule has 6 rings (SSSR count). The van der Waals surface area contributed by atoms with Crippen LogP contribution in [0.25, 0.3) is 5.95 Å². The number of amides is 1. The zero-order valence-electron chi connectivity index (χ0n) is 25.1. The van der Waals surface area contributed by atoms with Crippen molar-refractivity contribution in [1.29, 1.82) is 0 Å². The van der Waals surface area contributed by atoms with Crippen LogP contribution in [0.3, 0.4) is 0 Å². The molecule has 0 spiro atoms. The van der Waals surface area contributed by atoms with Gasteiger partial charge in [0.2, 0.25) is 11.9 Å². The second-order valence-electron chi connectivity index (χ2n) is 11.6. The van der Waals surface area contributed by atoms with Crippen LogP contribution in [0.4, 0.5) is 5.82 Å². The number of carbonyl (C=O) groups is 1. The van der Waals surface area contributed by atoms with Crippen molar-refractivity contribution in [2.75, 3.05) is 37.7 Å². The van der Waals surface area contributed by atoms with E-state index in [1.54, 1.807) is 12.5 Å². The maximum Gasteiger partial charge on any atom is 0.237 e. The van der Waals surface area contributed by atoms with Crippen LogP contribution < -0.4 is 19.7 Å². The van der Waals surface area contributed by atoms with Crippen molar-refractivity contribution >= 4 is 11.7 Å². The van der Waals surface area contributed by atoms with Crippen molar-refractivity contribution in [3.05, 3.63) is 89.6 Å². The van der Waals surface area contributed by atoms with E-state index < -0.39 is 0 Å². The molecule has 224 valence electrons. The smallest absolute Gasteiger partial charge is 0.237 e. The van der Waals surface area contributed by atoms with E-state index in [2.05, 4.69) is 83.3 Å². The first-order chi connectivity index (χ1) is 20.9. The number of benzene rings is 2. The first kappa shape index (κ1) is 28.7. The van der Waals surface area contributed by atoms with E-state index in [1.165, 1.54) is 5.56 Å². The summed E-state index contributed by atoms with van der Waals surface area (Å²) < 4.78 is 13.4. The standard InChI is InChI=1S/C33H39N7O3/c1-23(2)28-18-31(37-33(36-28)39-11-10-34-22-39)40-13-12-38(20-26-8-9-29-30(16-26)43-15-14-42-29)21-27(40)17-32(41)35-19-25-6-4-24(3)5-7-25/h4-11,16,18,22-23,27H,12-15,17,19-21H2,1-3H3,(H,35,41). The number of aryl methyl sites for hydroxylation is 1. The van der Waals surface area contributed by atoms with Crippen LogP contribution in [0.1, 0.15) is 48.6 Å². The summed E-state index contributed by atoms with van der Waals surface area (Å²) in [5.41, 5.74) is 4.40. The van der Waals surface area contributed by atoms with Crippen molar-refractivity contribution in [2.45, 2.75) is 52.2 Å². The maximum absolute atomic E-state index is 13.4. The molecule has 0 saturated carbocycles. The fourth-order valence-corrected chi connectivity index (χ4v) is 5.55. The SMILES string of the molecule is Cc1ccc(CNC(=O)CC2CN(Cc3ccc4c(c3)OCCO4)CCN2c2cc(C(C)C)nc(-n3ccnc3)n2)cc1. The molecule has 2 aliphatic rings. The molecule has 4 aromatic rings. The van der Waals surface area contributed by atoms with Gasteiger partial charge in [0, 0.05) is 57.6 Å². The lowest BCUT2D eigenvalue weighted by atomic mass is 10.0. The minimum atomic E-state index is -0.0745. The van der Waals surface area contributed by atoms with Crippen LogP contribution in [0, 0.1) is 6.92 Å². The Kier molecular flexibility index (Phi) is 8.55. The van der Waals surface area contributed by atoms with Gasteiger partial charge in [-0.2, -0.15) is 4.98 Å². The minimum Gasteiger partial charge on any atom is -0.486 e. The average molecular weight is 582 g/mol. The molecule has 0 radical (unpaired) electrons. The normalized spacial score (nSPS) is 16.8. The molecule has 2 aliphatic heterocycles. The van der Waals surface area contributed by atoms with E-state index in [4.69, 9.17) is 19.4 Å². The number of nitrogens with one attached hydrogen (secondary N) is 1. The van der Waals surface area contributed by atoms with Gasteiger partial charge in [-0.3, -0.25) is 14.3 Å². The summed E-state index contributed by atoms with van der Waals surface area (Å²) in [6.45, 7) is 11.0. The third kappa shape index (κ3) is 6.97. The van der Waals surface area contributed by atoms with Gasteiger partial charge in [0.25, 0.3) is 0 Å². The van der Waals surface area contributed by atoms with E-state index >= 15 is 0 Å². The first-order valence-corrected chi connectivity index (χ1v) is 15.0. The zero-order chi connectivity index (χ0) is 29.8. The molecule has 10 nitrogen and oxygen atoms in total. The van der Waals surface area contributed by atoms with Crippen molar-refractivity contribution in [3.8, 4) is 17.4 Å². The predicted octanol–water partition coefficient (Wildman–Crippen LogP) is 4.26. The lowest BCUT2D eigenvalue weighted by Gasteiger charge is -2.42. The summed E-state index contributed by atoms with van der Waals surface area (Å²) >= 11 is 0. The molecule has 4 heterocycles. The molecule has 1 amide bonds. The third-order valence-electron chi connectivity index (χ3n) is 7.95. The first-order valence-electron chi connectivity index (χ1n) is 15.0. The Morgan fingerprint density at radius 3 is 2.56 bits per heavy atom. The number of hydrogen-bond acceptors (Lipinski definition) is 8. The number of imidazole rings is 1. The van der Waals surface area contributed by atoms with Gasteiger partial charge in [0.15, 0.2) is 11.5 Å². The second kappa shape index (κ2) is 12.8. The summed E-state index contributed by atoms with van der Waals surface area (Å²) in [5.74, 6) is 3.24. The molecule has 0 bridgehead atoms. The second-order valence-corrected chi connectivity index (χ2v) is 11.6. The van der Waals surface area contributed by atoms with Gasteiger partial charge in [0.1, 0.15) is 25.4 Å². The number of piperazine rings is 1. The van der Waals surface area contributed by atoms with Gasteiger partial charge < -0.3 is 19.7 Å². The average Bonchev–Trinajstić information content (AvgIpc) is 3.56. The van der Waals surface area contributed by atoms with E-state index in [0.717, 1.165) is 53.8 Å². The Morgan fingerprint density at radius 1 is 1.00 bits per heavy atom. The van der Waals surface area contributed by atoms with Crippen LogP contribution in [-0.2, 0) is 17.9 Å². The molecular formula is C33H39N7O3. The number of fused-ring (bicyclic) bond motifs is 1. The lowest BCUT2D eigenvalue weighted by Crippen LogP contribution is -2.54. The summed E-state index contributed by atoms with van der Waals surface area (Å²) in [6.07, 6.45) is 5.64. The number of rotatable bonds is 9. The van der Waals surface area contributed by atoms with Gasteiger partial charge in [0.05, 0.1) is 11.7 Å². The molecule has 1 atom stereocenters. The van der Waals surface area contributed by atoms with Crippen LogP contribution in [0.2, 0.25) is 0 Å². The maximum atomic E-state index is 13.4. The van der Waals surface area contributed by atoms with Gasteiger partial charge in [-0.05, 0) is 36.1 Å². The van der Waals surface area contributed by atoms with Crippen molar-refractivity contribution < 1.29 is 14.3 Å². The molecule has 0 aliphatic carbocycles. The van der Waals surface area contributed by atoms with Crippen LogP contribution in [-0.4, -0.2) is 69.2 Å². The van der Waals surface area contributed by atoms with E-state index in [-0.39, 0.29) is 17.9 Å². The van der Waals surface area contributed by atoms with Gasteiger partial charge in [-0.25, -0.2) is 9.97 Å². The molecule has 1 saturated heterocycles. The highest BCUT2D eigenvalue weighted by Gasteiger charge is 2.31. The number of ether oxygens (including phenoxy) is 2. The van der Waals surface area contributed by atoms with E-state index in [1.807, 2.05) is 16.8 Å². The number of anilines is 1. The Labute approximate surface area is 252 Å². The highest BCUT2D eigenvalue weighted by atomic mass is 16.6. The molecule has 10 heteroatoms. The number of carbonyl (C=O) groups excluding carboxylic acids is 1.